The topological polar surface area (TPSA) is 75.8 Å². The average Bonchev–Trinajstić information content (AvgIpc) is 3.52. The highest BCUT2D eigenvalue weighted by atomic mass is 16.7. The number of hydrogen-bond donors (Lipinski definition) is 2. The monoisotopic (exact) mass is 395 g/mol. The van der Waals surface area contributed by atoms with Crippen LogP contribution in [0.4, 0.5) is 0 Å². The van der Waals surface area contributed by atoms with E-state index in [1.807, 2.05) is 18.2 Å². The van der Waals surface area contributed by atoms with Crippen molar-refractivity contribution in [2.45, 2.75) is 31.1 Å². The first kappa shape index (κ1) is 17.4. The van der Waals surface area contributed by atoms with Crippen molar-refractivity contribution in [3.05, 3.63) is 47.8 Å². The third kappa shape index (κ3) is 2.75. The third-order valence-electron chi connectivity index (χ3n) is 7.07. The SMILES string of the molecule is O=C(NC[C@H]1[C@H]2CN(Cc3cccc4c3OCO4)C[C@]23CC[C@H]1O3)c1ccc[nH]1. The number of rotatable bonds is 5. The predicted octanol–water partition coefficient (Wildman–Crippen LogP) is 2.15. The molecular formula is C22H25N3O4. The lowest BCUT2D eigenvalue weighted by Gasteiger charge is -2.29. The van der Waals surface area contributed by atoms with Crippen LogP contribution in [-0.2, 0) is 11.3 Å². The summed E-state index contributed by atoms with van der Waals surface area (Å²) in [4.78, 5) is 17.8. The molecular weight excluding hydrogens is 370 g/mol. The number of benzene rings is 1. The number of ether oxygens (including phenoxy) is 3. The number of carbonyl (C=O) groups excluding carboxylic acids is 1. The largest absolute Gasteiger partial charge is 0.454 e. The van der Waals surface area contributed by atoms with E-state index in [0.717, 1.165) is 44.0 Å². The summed E-state index contributed by atoms with van der Waals surface area (Å²) >= 11 is 0. The number of para-hydroxylation sites is 1. The van der Waals surface area contributed by atoms with Crippen LogP contribution >= 0.6 is 0 Å². The van der Waals surface area contributed by atoms with Gasteiger partial charge in [0.05, 0.1) is 11.7 Å². The molecule has 1 amide bonds. The van der Waals surface area contributed by atoms with Crippen molar-refractivity contribution < 1.29 is 19.0 Å². The van der Waals surface area contributed by atoms with E-state index in [1.54, 1.807) is 12.3 Å². The Bertz CT molecular complexity index is 930. The molecule has 3 saturated heterocycles. The Labute approximate surface area is 169 Å². The summed E-state index contributed by atoms with van der Waals surface area (Å²) in [5.74, 6) is 2.50. The maximum atomic E-state index is 12.4. The number of H-pyrrole nitrogens is 1. The van der Waals surface area contributed by atoms with E-state index in [9.17, 15) is 4.79 Å². The van der Waals surface area contributed by atoms with Gasteiger partial charge in [-0.2, -0.15) is 0 Å². The lowest BCUT2D eigenvalue weighted by molar-refractivity contribution is 0.00206. The van der Waals surface area contributed by atoms with Gasteiger partial charge < -0.3 is 24.5 Å². The normalized spacial score (nSPS) is 31.9. The summed E-state index contributed by atoms with van der Waals surface area (Å²) < 4.78 is 17.7. The molecule has 1 aromatic heterocycles. The Morgan fingerprint density at radius 2 is 2.24 bits per heavy atom. The fraction of sp³-hybridized carbons (Fsp3) is 0.500. The molecule has 1 aromatic carbocycles. The van der Waals surface area contributed by atoms with Gasteiger partial charge in [0.2, 0.25) is 6.79 Å². The summed E-state index contributed by atoms with van der Waals surface area (Å²) in [6, 6.07) is 9.74. The zero-order valence-corrected chi connectivity index (χ0v) is 16.2. The molecule has 1 spiro atoms. The third-order valence-corrected chi connectivity index (χ3v) is 7.07. The van der Waals surface area contributed by atoms with Crippen molar-refractivity contribution in [2.75, 3.05) is 26.4 Å². The van der Waals surface area contributed by atoms with Gasteiger partial charge in [-0.25, -0.2) is 0 Å². The number of likely N-dealkylation sites (tertiary alicyclic amines) is 1. The maximum Gasteiger partial charge on any atom is 0.267 e. The van der Waals surface area contributed by atoms with Gasteiger partial charge in [-0.05, 0) is 31.0 Å². The number of aromatic amines is 1. The zero-order chi connectivity index (χ0) is 19.4. The van der Waals surface area contributed by atoms with Crippen LogP contribution in [0, 0.1) is 11.8 Å². The quantitative estimate of drug-likeness (QED) is 0.811. The van der Waals surface area contributed by atoms with Crippen LogP contribution in [-0.4, -0.2) is 53.9 Å². The van der Waals surface area contributed by atoms with Gasteiger partial charge in [-0.1, -0.05) is 12.1 Å². The fourth-order valence-electron chi connectivity index (χ4n) is 5.81. The molecule has 4 aliphatic heterocycles. The summed E-state index contributed by atoms with van der Waals surface area (Å²) in [5, 5.41) is 3.11. The number of hydrogen-bond acceptors (Lipinski definition) is 5. The van der Waals surface area contributed by atoms with E-state index in [1.165, 1.54) is 5.56 Å². The van der Waals surface area contributed by atoms with Gasteiger partial charge in [0.1, 0.15) is 5.69 Å². The van der Waals surface area contributed by atoms with Crippen LogP contribution in [0.3, 0.4) is 0 Å². The second-order valence-electron chi connectivity index (χ2n) is 8.64. The van der Waals surface area contributed by atoms with Crippen molar-refractivity contribution in [1.29, 1.82) is 0 Å². The van der Waals surface area contributed by atoms with E-state index >= 15 is 0 Å². The fourth-order valence-corrected chi connectivity index (χ4v) is 5.81. The molecule has 152 valence electrons. The number of carbonyl (C=O) groups is 1. The highest BCUT2D eigenvalue weighted by Gasteiger charge is 2.62. The minimum absolute atomic E-state index is 0.0429. The van der Waals surface area contributed by atoms with Crippen molar-refractivity contribution in [2.24, 2.45) is 11.8 Å². The van der Waals surface area contributed by atoms with Crippen LogP contribution in [0.25, 0.3) is 0 Å². The molecule has 0 radical (unpaired) electrons. The summed E-state index contributed by atoms with van der Waals surface area (Å²) in [6.45, 7) is 3.73. The average molecular weight is 395 g/mol. The molecule has 7 nitrogen and oxygen atoms in total. The molecule has 4 aliphatic rings. The van der Waals surface area contributed by atoms with Crippen molar-refractivity contribution in [1.82, 2.24) is 15.2 Å². The van der Waals surface area contributed by atoms with Crippen molar-refractivity contribution in [3.63, 3.8) is 0 Å². The minimum atomic E-state index is -0.0538. The Kier molecular flexibility index (Phi) is 3.89. The second-order valence-corrected chi connectivity index (χ2v) is 8.64. The van der Waals surface area contributed by atoms with E-state index in [0.29, 0.717) is 30.9 Å². The number of amides is 1. The molecule has 2 bridgehead atoms. The highest BCUT2D eigenvalue weighted by Crippen LogP contribution is 2.55. The Balaban J connectivity index is 1.15. The molecule has 0 saturated carbocycles. The molecule has 29 heavy (non-hydrogen) atoms. The summed E-state index contributed by atoms with van der Waals surface area (Å²) in [5.41, 5.74) is 1.72. The van der Waals surface area contributed by atoms with E-state index in [-0.39, 0.29) is 17.6 Å². The van der Waals surface area contributed by atoms with Crippen LogP contribution < -0.4 is 14.8 Å². The lowest BCUT2D eigenvalue weighted by Crippen LogP contribution is -2.42. The van der Waals surface area contributed by atoms with Gasteiger partial charge in [-0.3, -0.25) is 9.69 Å². The lowest BCUT2D eigenvalue weighted by atomic mass is 9.73. The number of nitrogens with zero attached hydrogens (tertiary/aromatic N) is 1. The first-order chi connectivity index (χ1) is 14.2. The molecule has 7 heteroatoms. The number of nitrogens with one attached hydrogen (secondary N) is 2. The smallest absolute Gasteiger partial charge is 0.267 e. The number of aromatic nitrogens is 1. The molecule has 0 unspecified atom stereocenters. The van der Waals surface area contributed by atoms with Crippen molar-refractivity contribution in [3.8, 4) is 11.5 Å². The Hall–Kier alpha value is -2.51. The van der Waals surface area contributed by atoms with Gasteiger partial charge in [0, 0.05) is 49.8 Å². The molecule has 2 N–H and O–H groups in total. The van der Waals surface area contributed by atoms with E-state index in [2.05, 4.69) is 21.3 Å². The highest BCUT2D eigenvalue weighted by molar-refractivity contribution is 5.92. The number of fused-ring (bicyclic) bond motifs is 2. The van der Waals surface area contributed by atoms with Crippen LogP contribution in [0.2, 0.25) is 0 Å². The van der Waals surface area contributed by atoms with Gasteiger partial charge in [0.15, 0.2) is 11.5 Å². The van der Waals surface area contributed by atoms with Gasteiger partial charge >= 0.3 is 0 Å². The van der Waals surface area contributed by atoms with Crippen LogP contribution in [0.1, 0.15) is 28.9 Å². The molecule has 0 aliphatic carbocycles. The van der Waals surface area contributed by atoms with E-state index < -0.39 is 0 Å². The maximum absolute atomic E-state index is 12.4. The molecule has 3 fully saturated rings. The molecule has 4 atom stereocenters. The van der Waals surface area contributed by atoms with Gasteiger partial charge in [-0.15, -0.1) is 0 Å². The summed E-state index contributed by atoms with van der Waals surface area (Å²) in [7, 11) is 0. The molecule has 5 heterocycles. The Morgan fingerprint density at radius 1 is 1.28 bits per heavy atom. The van der Waals surface area contributed by atoms with Gasteiger partial charge in [0.25, 0.3) is 5.91 Å². The second kappa shape index (κ2) is 6.50. The molecule has 6 rings (SSSR count). The van der Waals surface area contributed by atoms with Crippen LogP contribution in [0.15, 0.2) is 36.5 Å². The summed E-state index contributed by atoms with van der Waals surface area (Å²) in [6.07, 6.45) is 4.25. The predicted molar refractivity (Wildman–Crippen MR) is 105 cm³/mol. The first-order valence-electron chi connectivity index (χ1n) is 10.4. The molecule has 2 aromatic rings. The zero-order valence-electron chi connectivity index (χ0n) is 16.2. The standard InChI is InChI=1S/C22H25N3O4/c26-21(17-4-2-8-23-17)24-9-15-16-11-25(12-22(16)7-6-18(15)29-22)10-14-3-1-5-19-20(14)28-13-27-19/h1-5,8,15-16,18,23H,6-7,9-13H2,(H,24,26)/t15-,16+,18+,22+/m0/s1. The minimum Gasteiger partial charge on any atom is -0.454 e. The van der Waals surface area contributed by atoms with E-state index in [4.69, 9.17) is 14.2 Å². The Morgan fingerprint density at radius 3 is 3.14 bits per heavy atom. The van der Waals surface area contributed by atoms with Crippen LogP contribution in [0.5, 0.6) is 11.5 Å². The first-order valence-corrected chi connectivity index (χ1v) is 10.4. The van der Waals surface area contributed by atoms with Crippen molar-refractivity contribution >= 4 is 5.91 Å².